The summed E-state index contributed by atoms with van der Waals surface area (Å²) in [5.74, 6) is 1.12. The number of amides is 1. The molecule has 3 N–H and O–H groups in total. The molecular formula is C16H20Cl2N2O2. The summed E-state index contributed by atoms with van der Waals surface area (Å²) in [5.41, 5.74) is 6.95. The number of carbonyl (C=O) groups is 1. The van der Waals surface area contributed by atoms with Gasteiger partial charge in [0.2, 0.25) is 0 Å². The van der Waals surface area contributed by atoms with Crippen LogP contribution in [0.5, 0.6) is 5.75 Å². The number of rotatable bonds is 4. The molecule has 1 amide bonds. The van der Waals surface area contributed by atoms with Gasteiger partial charge in [-0.3, -0.25) is 4.79 Å². The van der Waals surface area contributed by atoms with E-state index in [0.717, 1.165) is 24.2 Å². The Hall–Kier alpha value is -1.23. The van der Waals surface area contributed by atoms with Gasteiger partial charge in [-0.2, -0.15) is 0 Å². The van der Waals surface area contributed by atoms with E-state index in [1.165, 1.54) is 0 Å². The standard InChI is InChI=1S/C16H19ClN2O2.ClH/c1-16(9-18,12-2-3-12)19-15(20)11-6-10-7-13(17)4-5-14(10)21-8-11;/h4-7,12H,2-3,8-9,18H2,1H3,(H,19,20);1H. The maximum atomic E-state index is 12.5. The molecule has 6 heteroatoms. The quantitative estimate of drug-likeness (QED) is 0.884. The maximum absolute atomic E-state index is 12.5. The summed E-state index contributed by atoms with van der Waals surface area (Å²) in [6.45, 7) is 2.73. The third-order valence-electron chi connectivity index (χ3n) is 4.28. The topological polar surface area (TPSA) is 64.3 Å². The van der Waals surface area contributed by atoms with Crippen LogP contribution in [0.15, 0.2) is 23.8 Å². The van der Waals surface area contributed by atoms with Gasteiger partial charge in [0, 0.05) is 17.1 Å². The zero-order chi connectivity index (χ0) is 15.0. The molecule has 1 aromatic carbocycles. The number of nitrogens with one attached hydrogen (secondary N) is 1. The van der Waals surface area contributed by atoms with Crippen LogP contribution in [0.4, 0.5) is 0 Å². The summed E-state index contributed by atoms with van der Waals surface area (Å²) < 4.78 is 5.62. The van der Waals surface area contributed by atoms with Crippen LogP contribution in [0.2, 0.25) is 5.02 Å². The summed E-state index contributed by atoms with van der Waals surface area (Å²) in [5, 5.41) is 3.70. The van der Waals surface area contributed by atoms with E-state index in [1.54, 1.807) is 12.1 Å². The molecule has 0 spiro atoms. The normalized spacial score (nSPS) is 19.0. The zero-order valence-electron chi connectivity index (χ0n) is 12.4. The van der Waals surface area contributed by atoms with Crippen LogP contribution in [0.3, 0.4) is 0 Å². The maximum Gasteiger partial charge on any atom is 0.251 e. The molecule has 2 aliphatic rings. The highest BCUT2D eigenvalue weighted by Gasteiger charge is 2.42. The third-order valence-corrected chi connectivity index (χ3v) is 4.51. The molecule has 22 heavy (non-hydrogen) atoms. The highest BCUT2D eigenvalue weighted by atomic mass is 35.5. The fourth-order valence-corrected chi connectivity index (χ4v) is 2.84. The van der Waals surface area contributed by atoms with Crippen molar-refractivity contribution >= 4 is 36.0 Å². The zero-order valence-corrected chi connectivity index (χ0v) is 14.0. The van der Waals surface area contributed by atoms with Gasteiger partial charge in [0.25, 0.3) is 5.91 Å². The minimum atomic E-state index is -0.327. The molecular weight excluding hydrogens is 323 g/mol. The summed E-state index contributed by atoms with van der Waals surface area (Å²) in [7, 11) is 0. The van der Waals surface area contributed by atoms with Crippen LogP contribution in [-0.4, -0.2) is 24.6 Å². The largest absolute Gasteiger partial charge is 0.488 e. The molecule has 1 saturated carbocycles. The van der Waals surface area contributed by atoms with Crippen molar-refractivity contribution in [2.45, 2.75) is 25.3 Å². The monoisotopic (exact) mass is 342 g/mol. The lowest BCUT2D eigenvalue weighted by Gasteiger charge is -2.30. The number of nitrogens with two attached hydrogens (primary N) is 1. The third kappa shape index (κ3) is 3.40. The first-order valence-electron chi connectivity index (χ1n) is 7.17. The minimum absolute atomic E-state index is 0. The average molecular weight is 343 g/mol. The molecule has 0 aromatic heterocycles. The number of ether oxygens (including phenoxy) is 1. The van der Waals surface area contributed by atoms with E-state index in [9.17, 15) is 4.79 Å². The molecule has 0 bridgehead atoms. The van der Waals surface area contributed by atoms with Crippen molar-refractivity contribution in [3.05, 3.63) is 34.4 Å². The first kappa shape index (κ1) is 17.1. The molecule has 1 aromatic rings. The molecule has 1 aliphatic carbocycles. The average Bonchev–Trinajstić information content (AvgIpc) is 3.31. The highest BCUT2D eigenvalue weighted by Crippen LogP contribution is 2.39. The Morgan fingerprint density at radius 1 is 1.50 bits per heavy atom. The van der Waals surface area contributed by atoms with Gasteiger partial charge in [0.15, 0.2) is 0 Å². The summed E-state index contributed by atoms with van der Waals surface area (Å²) in [4.78, 5) is 12.5. The second-order valence-corrected chi connectivity index (χ2v) is 6.43. The van der Waals surface area contributed by atoms with E-state index >= 15 is 0 Å². The second-order valence-electron chi connectivity index (χ2n) is 5.99. The van der Waals surface area contributed by atoms with Crippen molar-refractivity contribution in [3.8, 4) is 5.75 Å². The number of benzene rings is 1. The summed E-state index contributed by atoms with van der Waals surface area (Å²) >= 11 is 5.98. The molecule has 0 radical (unpaired) electrons. The van der Waals surface area contributed by atoms with Gasteiger partial charge in [0.05, 0.1) is 11.1 Å². The van der Waals surface area contributed by atoms with Crippen LogP contribution in [0.1, 0.15) is 25.3 Å². The van der Waals surface area contributed by atoms with Crippen molar-refractivity contribution in [1.82, 2.24) is 5.32 Å². The fraction of sp³-hybridized carbons (Fsp3) is 0.438. The van der Waals surface area contributed by atoms with Crippen molar-refractivity contribution in [2.75, 3.05) is 13.2 Å². The van der Waals surface area contributed by atoms with Crippen LogP contribution in [0, 0.1) is 5.92 Å². The molecule has 1 aliphatic heterocycles. The molecule has 3 rings (SSSR count). The molecule has 1 atom stereocenters. The first-order chi connectivity index (χ1) is 10.0. The Balaban J connectivity index is 0.00000176. The van der Waals surface area contributed by atoms with E-state index in [1.807, 2.05) is 19.1 Å². The number of halogens is 2. The molecule has 1 heterocycles. The van der Waals surface area contributed by atoms with Crippen LogP contribution in [-0.2, 0) is 4.79 Å². The van der Waals surface area contributed by atoms with Gasteiger partial charge in [-0.05, 0) is 50.0 Å². The van der Waals surface area contributed by atoms with Crippen molar-refractivity contribution < 1.29 is 9.53 Å². The lowest BCUT2D eigenvalue weighted by molar-refractivity contribution is -0.119. The van der Waals surface area contributed by atoms with Crippen molar-refractivity contribution in [3.63, 3.8) is 0 Å². The summed E-state index contributed by atoms with van der Waals surface area (Å²) in [6, 6.07) is 5.39. The highest BCUT2D eigenvalue weighted by molar-refractivity contribution is 6.30. The Bertz CT molecular complexity index is 614. The molecule has 1 unspecified atom stereocenters. The number of fused-ring (bicyclic) bond motifs is 1. The first-order valence-corrected chi connectivity index (χ1v) is 7.55. The number of carbonyl (C=O) groups excluding carboxylic acids is 1. The smallest absolute Gasteiger partial charge is 0.251 e. The van der Waals surface area contributed by atoms with Crippen LogP contribution in [0.25, 0.3) is 6.08 Å². The molecule has 120 valence electrons. The lowest BCUT2D eigenvalue weighted by Crippen LogP contribution is -2.53. The van der Waals surface area contributed by atoms with E-state index in [4.69, 9.17) is 22.1 Å². The Morgan fingerprint density at radius 3 is 2.86 bits per heavy atom. The Morgan fingerprint density at radius 2 is 2.23 bits per heavy atom. The van der Waals surface area contributed by atoms with Crippen molar-refractivity contribution in [2.24, 2.45) is 11.7 Å². The lowest BCUT2D eigenvalue weighted by atomic mass is 9.95. The Kier molecular flexibility index (Phi) is 5.05. The predicted octanol–water partition coefficient (Wildman–Crippen LogP) is 2.78. The fourth-order valence-electron chi connectivity index (χ4n) is 2.66. The number of hydrogen-bond donors (Lipinski definition) is 2. The number of hydrogen-bond acceptors (Lipinski definition) is 3. The minimum Gasteiger partial charge on any atom is -0.488 e. The second kappa shape index (κ2) is 6.49. The van der Waals surface area contributed by atoms with Gasteiger partial charge in [0.1, 0.15) is 12.4 Å². The van der Waals surface area contributed by atoms with E-state index in [0.29, 0.717) is 23.1 Å². The SMILES string of the molecule is CC(CN)(NC(=O)C1=Cc2cc(Cl)ccc2OC1)C1CC1.Cl. The van der Waals surface area contributed by atoms with Crippen LogP contribution >= 0.6 is 24.0 Å². The van der Waals surface area contributed by atoms with Crippen LogP contribution < -0.4 is 15.8 Å². The molecule has 0 saturated heterocycles. The van der Waals surface area contributed by atoms with Crippen molar-refractivity contribution in [1.29, 1.82) is 0 Å². The Labute approximate surface area is 141 Å². The van der Waals surface area contributed by atoms with E-state index in [-0.39, 0.29) is 30.5 Å². The predicted molar refractivity (Wildman–Crippen MR) is 90.5 cm³/mol. The van der Waals surface area contributed by atoms with Gasteiger partial charge in [-0.15, -0.1) is 12.4 Å². The van der Waals surface area contributed by atoms with Gasteiger partial charge in [-0.25, -0.2) is 0 Å². The van der Waals surface area contributed by atoms with Gasteiger partial charge < -0.3 is 15.8 Å². The molecule has 1 fully saturated rings. The molecule has 4 nitrogen and oxygen atoms in total. The van der Waals surface area contributed by atoms with E-state index < -0.39 is 0 Å². The van der Waals surface area contributed by atoms with E-state index in [2.05, 4.69) is 5.32 Å². The van der Waals surface area contributed by atoms with Gasteiger partial charge >= 0.3 is 0 Å². The summed E-state index contributed by atoms with van der Waals surface area (Å²) in [6.07, 6.45) is 4.09. The van der Waals surface area contributed by atoms with Gasteiger partial charge in [-0.1, -0.05) is 11.6 Å².